The van der Waals surface area contributed by atoms with Gasteiger partial charge in [-0.3, -0.25) is 0 Å². The predicted molar refractivity (Wildman–Crippen MR) is 85.5 cm³/mol. The SMILES string of the molecule is CC(C)c1ccc(-c2cc3cc(Br)ccc3[nH]2)cc1. The quantitative estimate of drug-likeness (QED) is 0.622. The largest absolute Gasteiger partial charge is 0.355 e. The predicted octanol–water partition coefficient (Wildman–Crippen LogP) is 5.72. The van der Waals surface area contributed by atoms with Crippen molar-refractivity contribution in [1.29, 1.82) is 0 Å². The number of aromatic nitrogens is 1. The Balaban J connectivity index is 2.03. The Labute approximate surface area is 121 Å². The van der Waals surface area contributed by atoms with Crippen LogP contribution in [0.2, 0.25) is 0 Å². The summed E-state index contributed by atoms with van der Waals surface area (Å²) in [6, 6.07) is 17.3. The van der Waals surface area contributed by atoms with Crippen LogP contribution in [0.25, 0.3) is 22.2 Å². The van der Waals surface area contributed by atoms with Crippen LogP contribution in [-0.4, -0.2) is 4.98 Å². The second kappa shape index (κ2) is 4.86. The van der Waals surface area contributed by atoms with Gasteiger partial charge in [-0.25, -0.2) is 0 Å². The number of halogens is 1. The third-order valence-corrected chi connectivity index (χ3v) is 3.96. The second-order valence-corrected chi connectivity index (χ2v) is 6.11. The first kappa shape index (κ1) is 12.5. The molecule has 3 aromatic rings. The van der Waals surface area contributed by atoms with Crippen LogP contribution < -0.4 is 0 Å². The molecule has 1 heterocycles. The molecule has 3 rings (SSSR count). The molecule has 0 bridgehead atoms. The van der Waals surface area contributed by atoms with E-state index in [0.717, 1.165) is 4.47 Å². The summed E-state index contributed by atoms with van der Waals surface area (Å²) in [6.45, 7) is 4.44. The van der Waals surface area contributed by atoms with Gasteiger partial charge in [0.05, 0.1) is 0 Å². The first-order chi connectivity index (χ1) is 9.13. The van der Waals surface area contributed by atoms with Crippen molar-refractivity contribution in [1.82, 2.24) is 4.98 Å². The Kier molecular flexibility index (Phi) is 3.19. The van der Waals surface area contributed by atoms with Gasteiger partial charge in [0.15, 0.2) is 0 Å². The molecule has 0 unspecified atom stereocenters. The molecule has 0 spiro atoms. The van der Waals surface area contributed by atoms with Crippen molar-refractivity contribution >= 4 is 26.8 Å². The fourth-order valence-electron chi connectivity index (χ4n) is 2.31. The van der Waals surface area contributed by atoms with E-state index in [0.29, 0.717) is 5.92 Å². The molecule has 0 aliphatic rings. The highest BCUT2D eigenvalue weighted by Gasteiger charge is 2.05. The minimum absolute atomic E-state index is 0.577. The van der Waals surface area contributed by atoms with E-state index >= 15 is 0 Å². The standard InChI is InChI=1S/C17H16BrN/c1-11(2)12-3-5-13(6-4-12)17-10-14-9-15(18)7-8-16(14)19-17/h3-11,19H,1-2H3. The maximum Gasteiger partial charge on any atom is 0.0464 e. The summed E-state index contributed by atoms with van der Waals surface area (Å²) in [4.78, 5) is 3.47. The van der Waals surface area contributed by atoms with Gasteiger partial charge < -0.3 is 4.98 Å². The van der Waals surface area contributed by atoms with E-state index in [4.69, 9.17) is 0 Å². The monoisotopic (exact) mass is 313 g/mol. The second-order valence-electron chi connectivity index (χ2n) is 5.19. The Hall–Kier alpha value is -1.54. The first-order valence-electron chi connectivity index (χ1n) is 6.52. The van der Waals surface area contributed by atoms with E-state index in [1.165, 1.54) is 27.7 Å². The van der Waals surface area contributed by atoms with Gasteiger partial charge in [-0.1, -0.05) is 54.0 Å². The van der Waals surface area contributed by atoms with Crippen molar-refractivity contribution in [2.75, 3.05) is 0 Å². The Morgan fingerprint density at radius 3 is 2.37 bits per heavy atom. The lowest BCUT2D eigenvalue weighted by Crippen LogP contribution is -1.86. The van der Waals surface area contributed by atoms with Gasteiger partial charge >= 0.3 is 0 Å². The first-order valence-corrected chi connectivity index (χ1v) is 7.31. The van der Waals surface area contributed by atoms with Crippen molar-refractivity contribution in [3.63, 3.8) is 0 Å². The summed E-state index contributed by atoms with van der Waals surface area (Å²) in [5.41, 5.74) is 4.95. The van der Waals surface area contributed by atoms with Crippen LogP contribution in [0.15, 0.2) is 53.0 Å². The molecule has 0 radical (unpaired) electrons. The zero-order valence-electron chi connectivity index (χ0n) is 11.1. The summed E-state index contributed by atoms with van der Waals surface area (Å²) < 4.78 is 1.11. The fraction of sp³-hybridized carbons (Fsp3) is 0.176. The van der Waals surface area contributed by atoms with E-state index in [9.17, 15) is 0 Å². The van der Waals surface area contributed by atoms with E-state index in [1.807, 2.05) is 0 Å². The highest BCUT2D eigenvalue weighted by Crippen LogP contribution is 2.27. The van der Waals surface area contributed by atoms with Gasteiger partial charge in [0.2, 0.25) is 0 Å². The van der Waals surface area contributed by atoms with E-state index in [-0.39, 0.29) is 0 Å². The van der Waals surface area contributed by atoms with E-state index in [1.54, 1.807) is 0 Å². The molecule has 0 aliphatic heterocycles. The average Bonchev–Trinajstić information content (AvgIpc) is 2.81. The van der Waals surface area contributed by atoms with E-state index < -0.39 is 0 Å². The van der Waals surface area contributed by atoms with Gasteiger partial charge in [-0.15, -0.1) is 0 Å². The minimum atomic E-state index is 0.577. The lowest BCUT2D eigenvalue weighted by atomic mass is 10.0. The smallest absolute Gasteiger partial charge is 0.0464 e. The molecule has 19 heavy (non-hydrogen) atoms. The van der Waals surface area contributed by atoms with Crippen LogP contribution in [0.3, 0.4) is 0 Å². The summed E-state index contributed by atoms with van der Waals surface area (Å²) in [6.07, 6.45) is 0. The molecule has 2 heteroatoms. The topological polar surface area (TPSA) is 15.8 Å². The van der Waals surface area contributed by atoms with Crippen LogP contribution in [0, 0.1) is 0 Å². The number of rotatable bonds is 2. The number of hydrogen-bond donors (Lipinski definition) is 1. The number of benzene rings is 2. The van der Waals surface area contributed by atoms with Gasteiger partial charge in [-0.05, 0) is 41.3 Å². The highest BCUT2D eigenvalue weighted by molar-refractivity contribution is 9.10. The zero-order chi connectivity index (χ0) is 13.4. The Morgan fingerprint density at radius 1 is 0.947 bits per heavy atom. The highest BCUT2D eigenvalue weighted by atomic mass is 79.9. The van der Waals surface area contributed by atoms with Gasteiger partial charge in [0.1, 0.15) is 0 Å². The molecule has 0 saturated heterocycles. The lowest BCUT2D eigenvalue weighted by Gasteiger charge is -2.05. The molecule has 0 atom stereocenters. The van der Waals surface area contributed by atoms with Crippen molar-refractivity contribution in [2.24, 2.45) is 0 Å². The maximum absolute atomic E-state index is 3.51. The molecule has 0 aliphatic carbocycles. The molecule has 1 nitrogen and oxygen atoms in total. The third-order valence-electron chi connectivity index (χ3n) is 3.47. The number of H-pyrrole nitrogens is 1. The number of nitrogens with one attached hydrogen (secondary N) is 1. The molecule has 1 aromatic heterocycles. The lowest BCUT2D eigenvalue weighted by molar-refractivity contribution is 0.867. The molecule has 0 amide bonds. The number of aromatic amines is 1. The zero-order valence-corrected chi connectivity index (χ0v) is 12.7. The molecule has 1 N–H and O–H groups in total. The van der Waals surface area contributed by atoms with Gasteiger partial charge in [0, 0.05) is 21.1 Å². The normalized spacial score (nSPS) is 11.4. The van der Waals surface area contributed by atoms with Gasteiger partial charge in [-0.2, -0.15) is 0 Å². The molecule has 96 valence electrons. The maximum atomic E-state index is 3.51. The molecule has 2 aromatic carbocycles. The van der Waals surface area contributed by atoms with Gasteiger partial charge in [0.25, 0.3) is 0 Å². The summed E-state index contributed by atoms with van der Waals surface area (Å²) in [5.74, 6) is 0.577. The van der Waals surface area contributed by atoms with E-state index in [2.05, 4.69) is 83.3 Å². The van der Waals surface area contributed by atoms with Crippen LogP contribution in [0.4, 0.5) is 0 Å². The summed E-state index contributed by atoms with van der Waals surface area (Å²) in [7, 11) is 0. The summed E-state index contributed by atoms with van der Waals surface area (Å²) >= 11 is 3.51. The molecule has 0 fully saturated rings. The fourth-order valence-corrected chi connectivity index (χ4v) is 2.69. The molecular formula is C17H16BrN. The van der Waals surface area contributed by atoms with Crippen molar-refractivity contribution in [3.05, 3.63) is 58.6 Å². The summed E-state index contributed by atoms with van der Waals surface area (Å²) in [5, 5.41) is 1.23. The Morgan fingerprint density at radius 2 is 1.68 bits per heavy atom. The van der Waals surface area contributed by atoms with Crippen molar-refractivity contribution in [3.8, 4) is 11.3 Å². The van der Waals surface area contributed by atoms with Crippen LogP contribution >= 0.6 is 15.9 Å². The van der Waals surface area contributed by atoms with Crippen molar-refractivity contribution in [2.45, 2.75) is 19.8 Å². The third kappa shape index (κ3) is 2.45. The van der Waals surface area contributed by atoms with Crippen molar-refractivity contribution < 1.29 is 0 Å². The Bertz CT molecular complexity index is 708. The number of hydrogen-bond acceptors (Lipinski definition) is 0. The molecular weight excluding hydrogens is 298 g/mol. The van der Waals surface area contributed by atoms with Crippen LogP contribution in [-0.2, 0) is 0 Å². The van der Waals surface area contributed by atoms with Crippen LogP contribution in [0.1, 0.15) is 25.3 Å². The minimum Gasteiger partial charge on any atom is -0.355 e. The van der Waals surface area contributed by atoms with Crippen LogP contribution in [0.5, 0.6) is 0 Å². The molecule has 0 saturated carbocycles. The number of fused-ring (bicyclic) bond motifs is 1. The average molecular weight is 314 g/mol.